The van der Waals surface area contributed by atoms with E-state index in [0.717, 1.165) is 28.9 Å². The Morgan fingerprint density at radius 3 is 2.75 bits per heavy atom. The Hall–Kier alpha value is -2.07. The van der Waals surface area contributed by atoms with Gasteiger partial charge in [0, 0.05) is 18.4 Å². The molecule has 4 nitrogen and oxygen atoms in total. The van der Waals surface area contributed by atoms with Crippen molar-refractivity contribution in [3.05, 3.63) is 53.6 Å². The fraction of sp³-hybridized carbons (Fsp3) is 0.312. The van der Waals surface area contributed by atoms with Gasteiger partial charge in [0.2, 0.25) is 0 Å². The molecule has 104 valence electrons. The van der Waals surface area contributed by atoms with Gasteiger partial charge >= 0.3 is 0 Å². The monoisotopic (exact) mass is 270 g/mol. The van der Waals surface area contributed by atoms with Crippen LogP contribution in [0, 0.1) is 6.92 Å². The first kappa shape index (κ1) is 12.9. The Labute approximate surface area is 117 Å². The SMILES string of the molecule is CCn1nc(CC(O)c2ccc(C)o2)c2ccccc21. The molecule has 2 aromatic heterocycles. The van der Waals surface area contributed by atoms with Crippen LogP contribution in [0.25, 0.3) is 10.9 Å². The zero-order valence-corrected chi connectivity index (χ0v) is 11.7. The lowest BCUT2D eigenvalue weighted by molar-refractivity contribution is 0.148. The van der Waals surface area contributed by atoms with Crippen molar-refractivity contribution in [2.24, 2.45) is 0 Å². The van der Waals surface area contributed by atoms with Crippen LogP contribution >= 0.6 is 0 Å². The molecular weight excluding hydrogens is 252 g/mol. The average molecular weight is 270 g/mol. The number of aliphatic hydroxyl groups excluding tert-OH is 1. The van der Waals surface area contributed by atoms with Crippen molar-refractivity contribution < 1.29 is 9.52 Å². The van der Waals surface area contributed by atoms with Crippen LogP contribution in [0.15, 0.2) is 40.8 Å². The molecule has 1 N–H and O–H groups in total. The molecule has 4 heteroatoms. The summed E-state index contributed by atoms with van der Waals surface area (Å²) in [6.07, 6.45) is -0.201. The number of hydrogen-bond acceptors (Lipinski definition) is 3. The molecule has 0 fully saturated rings. The summed E-state index contributed by atoms with van der Waals surface area (Å²) in [5, 5.41) is 16.0. The molecule has 0 aliphatic heterocycles. The summed E-state index contributed by atoms with van der Waals surface area (Å²) in [6.45, 7) is 4.75. The van der Waals surface area contributed by atoms with Crippen LogP contribution in [-0.4, -0.2) is 14.9 Å². The molecule has 3 aromatic rings. The first-order valence-corrected chi connectivity index (χ1v) is 6.88. The van der Waals surface area contributed by atoms with Crippen molar-refractivity contribution in [1.82, 2.24) is 9.78 Å². The Morgan fingerprint density at radius 2 is 2.05 bits per heavy atom. The lowest BCUT2D eigenvalue weighted by Gasteiger charge is -2.05. The maximum absolute atomic E-state index is 10.3. The van der Waals surface area contributed by atoms with E-state index < -0.39 is 6.10 Å². The summed E-state index contributed by atoms with van der Waals surface area (Å²) in [5.74, 6) is 1.40. The second-order valence-electron chi connectivity index (χ2n) is 4.95. The molecule has 1 atom stereocenters. The van der Waals surface area contributed by atoms with Gasteiger partial charge in [0.1, 0.15) is 17.6 Å². The summed E-state index contributed by atoms with van der Waals surface area (Å²) in [7, 11) is 0. The molecule has 0 amide bonds. The van der Waals surface area contributed by atoms with E-state index in [-0.39, 0.29) is 0 Å². The first-order chi connectivity index (χ1) is 9.69. The molecule has 0 saturated carbocycles. The molecule has 3 rings (SSSR count). The number of aromatic nitrogens is 2. The van der Waals surface area contributed by atoms with Gasteiger partial charge in [-0.25, -0.2) is 0 Å². The molecule has 0 aliphatic rings. The van der Waals surface area contributed by atoms with Crippen molar-refractivity contribution >= 4 is 10.9 Å². The quantitative estimate of drug-likeness (QED) is 0.791. The molecule has 0 radical (unpaired) electrons. The summed E-state index contributed by atoms with van der Waals surface area (Å²) in [6, 6.07) is 11.8. The van der Waals surface area contributed by atoms with E-state index in [1.807, 2.05) is 41.9 Å². The van der Waals surface area contributed by atoms with Crippen molar-refractivity contribution in [1.29, 1.82) is 0 Å². The molecule has 20 heavy (non-hydrogen) atoms. The second-order valence-corrected chi connectivity index (χ2v) is 4.95. The third kappa shape index (κ3) is 2.23. The average Bonchev–Trinajstić information content (AvgIpc) is 3.03. The lowest BCUT2D eigenvalue weighted by atomic mass is 10.1. The molecule has 0 bridgehead atoms. The number of hydrogen-bond donors (Lipinski definition) is 1. The number of para-hydroxylation sites is 1. The van der Waals surface area contributed by atoms with Crippen LogP contribution in [0.1, 0.15) is 30.2 Å². The largest absolute Gasteiger partial charge is 0.464 e. The Balaban J connectivity index is 1.94. The van der Waals surface area contributed by atoms with Crippen LogP contribution in [0.5, 0.6) is 0 Å². The molecule has 0 spiro atoms. The second kappa shape index (κ2) is 5.13. The maximum Gasteiger partial charge on any atom is 0.133 e. The Bertz CT molecular complexity index is 727. The number of rotatable bonds is 4. The van der Waals surface area contributed by atoms with E-state index in [4.69, 9.17) is 4.42 Å². The van der Waals surface area contributed by atoms with Gasteiger partial charge in [-0.2, -0.15) is 5.10 Å². The van der Waals surface area contributed by atoms with Crippen LogP contribution in [0.4, 0.5) is 0 Å². The van der Waals surface area contributed by atoms with Gasteiger partial charge in [0.05, 0.1) is 11.2 Å². The maximum atomic E-state index is 10.3. The lowest BCUT2D eigenvalue weighted by Crippen LogP contribution is -2.03. The molecule has 2 heterocycles. The van der Waals surface area contributed by atoms with Gasteiger partial charge in [-0.1, -0.05) is 18.2 Å². The zero-order valence-electron chi connectivity index (χ0n) is 11.7. The van der Waals surface area contributed by atoms with Gasteiger partial charge < -0.3 is 9.52 Å². The van der Waals surface area contributed by atoms with E-state index >= 15 is 0 Å². The smallest absolute Gasteiger partial charge is 0.133 e. The van der Waals surface area contributed by atoms with E-state index in [1.165, 1.54) is 0 Å². The molecular formula is C16H18N2O2. The number of benzene rings is 1. The van der Waals surface area contributed by atoms with E-state index in [1.54, 1.807) is 0 Å². The number of aryl methyl sites for hydroxylation is 2. The number of nitrogens with zero attached hydrogens (tertiary/aromatic N) is 2. The number of furan rings is 1. The minimum absolute atomic E-state index is 0.459. The summed E-state index contributed by atoms with van der Waals surface area (Å²) in [5.41, 5.74) is 2.01. The van der Waals surface area contributed by atoms with Crippen LogP contribution in [0.2, 0.25) is 0 Å². The van der Waals surface area contributed by atoms with Gasteiger partial charge in [-0.3, -0.25) is 4.68 Å². The van der Waals surface area contributed by atoms with Gasteiger partial charge in [-0.05, 0) is 32.0 Å². The third-order valence-corrected chi connectivity index (χ3v) is 3.51. The van der Waals surface area contributed by atoms with Crippen molar-refractivity contribution in [3.8, 4) is 0 Å². The highest BCUT2D eigenvalue weighted by molar-refractivity contribution is 5.82. The molecule has 0 saturated heterocycles. The van der Waals surface area contributed by atoms with Crippen LogP contribution in [0.3, 0.4) is 0 Å². The van der Waals surface area contributed by atoms with Crippen molar-refractivity contribution in [2.75, 3.05) is 0 Å². The fourth-order valence-electron chi connectivity index (χ4n) is 2.50. The van der Waals surface area contributed by atoms with E-state index in [9.17, 15) is 5.11 Å². The summed E-state index contributed by atoms with van der Waals surface area (Å²) >= 11 is 0. The van der Waals surface area contributed by atoms with Crippen molar-refractivity contribution in [2.45, 2.75) is 32.9 Å². The first-order valence-electron chi connectivity index (χ1n) is 6.88. The van der Waals surface area contributed by atoms with Gasteiger partial charge in [0.15, 0.2) is 0 Å². The number of aliphatic hydroxyl groups is 1. The fourth-order valence-corrected chi connectivity index (χ4v) is 2.50. The third-order valence-electron chi connectivity index (χ3n) is 3.51. The predicted octanol–water partition coefficient (Wildman–Crippen LogP) is 3.23. The minimum atomic E-state index is -0.660. The standard InChI is InChI=1S/C16H18N2O2/c1-3-18-14-7-5-4-6-12(14)13(17-18)10-15(19)16-9-8-11(2)20-16/h4-9,15,19H,3,10H2,1-2H3. The summed E-state index contributed by atoms with van der Waals surface area (Å²) < 4.78 is 7.44. The molecule has 1 unspecified atom stereocenters. The highest BCUT2D eigenvalue weighted by atomic mass is 16.4. The predicted molar refractivity (Wildman–Crippen MR) is 77.5 cm³/mol. The molecule has 0 aliphatic carbocycles. The van der Waals surface area contributed by atoms with Crippen LogP contribution in [-0.2, 0) is 13.0 Å². The topological polar surface area (TPSA) is 51.2 Å². The highest BCUT2D eigenvalue weighted by Crippen LogP contribution is 2.25. The van der Waals surface area contributed by atoms with E-state index in [0.29, 0.717) is 12.2 Å². The summed E-state index contributed by atoms with van der Waals surface area (Å²) in [4.78, 5) is 0. The highest BCUT2D eigenvalue weighted by Gasteiger charge is 2.17. The Kier molecular flexibility index (Phi) is 3.32. The minimum Gasteiger partial charge on any atom is -0.464 e. The van der Waals surface area contributed by atoms with Crippen LogP contribution < -0.4 is 0 Å². The Morgan fingerprint density at radius 1 is 1.25 bits per heavy atom. The normalized spacial score (nSPS) is 12.9. The van der Waals surface area contributed by atoms with Gasteiger partial charge in [0.25, 0.3) is 0 Å². The van der Waals surface area contributed by atoms with Crippen molar-refractivity contribution in [3.63, 3.8) is 0 Å². The van der Waals surface area contributed by atoms with Gasteiger partial charge in [-0.15, -0.1) is 0 Å². The zero-order chi connectivity index (χ0) is 14.1. The van der Waals surface area contributed by atoms with E-state index in [2.05, 4.69) is 18.1 Å². The number of fused-ring (bicyclic) bond motifs is 1. The molecule has 1 aromatic carbocycles.